The second kappa shape index (κ2) is 6.29. The second-order valence-electron chi connectivity index (χ2n) is 4.02. The van der Waals surface area contributed by atoms with E-state index in [0.717, 1.165) is 21.5 Å². The highest BCUT2D eigenvalue weighted by Gasteiger charge is 2.20. The topological polar surface area (TPSA) is 18.5 Å². The third kappa shape index (κ3) is 2.98. The second-order valence-corrected chi connectivity index (χ2v) is 7.04. The predicted octanol–water partition coefficient (Wildman–Crippen LogP) is 5.32. The molecule has 2 rings (SSSR count). The molecule has 19 heavy (non-hydrogen) atoms. The molecule has 1 aromatic carbocycles. The van der Waals surface area contributed by atoms with Crippen LogP contribution in [-0.2, 0) is 0 Å². The predicted molar refractivity (Wildman–Crippen MR) is 87.1 cm³/mol. The molecule has 0 N–H and O–H groups in total. The Morgan fingerprint density at radius 2 is 1.84 bits per heavy atom. The van der Waals surface area contributed by atoms with E-state index in [-0.39, 0.29) is 4.83 Å². The van der Waals surface area contributed by atoms with Gasteiger partial charge in [-0.15, -0.1) is 11.3 Å². The monoisotopic (exact) mass is 404 g/mol. The zero-order valence-electron chi connectivity index (χ0n) is 10.9. The molecule has 0 radical (unpaired) electrons. The van der Waals surface area contributed by atoms with Crippen LogP contribution in [-0.4, -0.2) is 14.2 Å². The van der Waals surface area contributed by atoms with E-state index in [9.17, 15) is 0 Å². The van der Waals surface area contributed by atoms with E-state index in [1.54, 1.807) is 25.6 Å². The van der Waals surface area contributed by atoms with E-state index in [0.29, 0.717) is 0 Å². The van der Waals surface area contributed by atoms with Crippen LogP contribution >= 0.6 is 43.2 Å². The maximum absolute atomic E-state index is 5.52. The average molecular weight is 406 g/mol. The molecular formula is C14H14Br2O2S. The molecule has 0 aliphatic rings. The number of benzene rings is 1. The number of ether oxygens (including phenoxy) is 2. The van der Waals surface area contributed by atoms with Crippen LogP contribution < -0.4 is 9.47 Å². The molecule has 5 heteroatoms. The molecule has 0 aliphatic heterocycles. The molecule has 2 aromatic rings. The van der Waals surface area contributed by atoms with Crippen molar-refractivity contribution in [2.24, 2.45) is 0 Å². The highest BCUT2D eigenvalue weighted by atomic mass is 79.9. The van der Waals surface area contributed by atoms with Gasteiger partial charge in [-0.05, 0) is 41.1 Å². The SMILES string of the molecule is COc1ccc(C(Br)c2ccc(C)s2)c(OC)c1Br. The Morgan fingerprint density at radius 1 is 1.11 bits per heavy atom. The van der Waals surface area contributed by atoms with E-state index < -0.39 is 0 Å². The summed E-state index contributed by atoms with van der Waals surface area (Å²) in [5.41, 5.74) is 1.08. The van der Waals surface area contributed by atoms with Crippen molar-refractivity contribution in [3.8, 4) is 11.5 Å². The molecule has 1 aromatic heterocycles. The van der Waals surface area contributed by atoms with Crippen LogP contribution in [0.2, 0.25) is 0 Å². The lowest BCUT2D eigenvalue weighted by molar-refractivity contribution is 0.387. The first-order chi connectivity index (χ1) is 9.08. The van der Waals surface area contributed by atoms with E-state index in [1.165, 1.54) is 9.75 Å². The molecule has 1 unspecified atom stereocenters. The lowest BCUT2D eigenvalue weighted by Gasteiger charge is -2.16. The van der Waals surface area contributed by atoms with Crippen molar-refractivity contribution in [1.82, 2.24) is 0 Å². The summed E-state index contributed by atoms with van der Waals surface area (Å²) in [5, 5.41) is 0. The van der Waals surface area contributed by atoms with Gasteiger partial charge in [0.2, 0.25) is 0 Å². The standard InChI is InChI=1S/C14H14Br2O2S/c1-8-4-7-11(19-8)12(15)9-5-6-10(17-2)13(16)14(9)18-3/h4-7,12H,1-3H3. The highest BCUT2D eigenvalue weighted by Crippen LogP contribution is 2.45. The van der Waals surface area contributed by atoms with Crippen molar-refractivity contribution in [1.29, 1.82) is 0 Å². The lowest BCUT2D eigenvalue weighted by Crippen LogP contribution is -1.98. The fourth-order valence-corrected chi connectivity index (χ4v) is 4.21. The molecule has 0 saturated heterocycles. The fourth-order valence-electron chi connectivity index (χ4n) is 1.86. The van der Waals surface area contributed by atoms with Crippen molar-refractivity contribution >= 4 is 43.2 Å². The van der Waals surface area contributed by atoms with Gasteiger partial charge in [0, 0.05) is 15.3 Å². The van der Waals surface area contributed by atoms with Crippen molar-refractivity contribution in [2.45, 2.75) is 11.8 Å². The van der Waals surface area contributed by atoms with Gasteiger partial charge in [0.1, 0.15) is 16.0 Å². The third-order valence-electron chi connectivity index (χ3n) is 2.80. The van der Waals surface area contributed by atoms with E-state index in [4.69, 9.17) is 9.47 Å². The third-order valence-corrected chi connectivity index (χ3v) is 5.91. The van der Waals surface area contributed by atoms with E-state index in [2.05, 4.69) is 50.9 Å². The number of thiophene rings is 1. The summed E-state index contributed by atoms with van der Waals surface area (Å²) >= 11 is 9.06. The van der Waals surface area contributed by atoms with Gasteiger partial charge < -0.3 is 9.47 Å². The summed E-state index contributed by atoms with van der Waals surface area (Å²) in [7, 11) is 3.32. The van der Waals surface area contributed by atoms with Gasteiger partial charge in [-0.2, -0.15) is 0 Å². The minimum atomic E-state index is 0.114. The first-order valence-electron chi connectivity index (χ1n) is 5.69. The van der Waals surface area contributed by atoms with Crippen LogP contribution in [0, 0.1) is 6.92 Å². The summed E-state index contributed by atoms with van der Waals surface area (Å²) < 4.78 is 11.6. The summed E-state index contributed by atoms with van der Waals surface area (Å²) in [5.74, 6) is 1.56. The number of halogens is 2. The molecule has 0 aliphatic carbocycles. The molecule has 0 spiro atoms. The quantitative estimate of drug-likeness (QED) is 0.640. The Bertz CT molecular complexity index is 581. The molecule has 0 saturated carbocycles. The van der Waals surface area contributed by atoms with Crippen LogP contribution in [0.5, 0.6) is 11.5 Å². The number of methoxy groups -OCH3 is 2. The van der Waals surface area contributed by atoms with Gasteiger partial charge in [0.15, 0.2) is 0 Å². The Kier molecular flexibility index (Phi) is 4.92. The minimum absolute atomic E-state index is 0.114. The molecule has 0 bridgehead atoms. The molecule has 0 fully saturated rings. The van der Waals surface area contributed by atoms with Gasteiger partial charge in [0.25, 0.3) is 0 Å². The molecule has 1 atom stereocenters. The molecular weight excluding hydrogens is 392 g/mol. The maximum atomic E-state index is 5.52. The molecule has 102 valence electrons. The van der Waals surface area contributed by atoms with E-state index >= 15 is 0 Å². The van der Waals surface area contributed by atoms with Gasteiger partial charge in [-0.1, -0.05) is 22.0 Å². The zero-order valence-corrected chi connectivity index (χ0v) is 14.9. The van der Waals surface area contributed by atoms with Crippen LogP contribution in [0.1, 0.15) is 20.1 Å². The Balaban J connectivity index is 2.47. The summed E-state index contributed by atoms with van der Waals surface area (Å²) in [6.45, 7) is 2.11. The van der Waals surface area contributed by atoms with Gasteiger partial charge in [-0.25, -0.2) is 0 Å². The zero-order chi connectivity index (χ0) is 14.0. The lowest BCUT2D eigenvalue weighted by atomic mass is 10.1. The van der Waals surface area contributed by atoms with Crippen LogP contribution in [0.3, 0.4) is 0 Å². The fraction of sp³-hybridized carbons (Fsp3) is 0.286. The van der Waals surface area contributed by atoms with Gasteiger partial charge in [0.05, 0.1) is 19.0 Å². The van der Waals surface area contributed by atoms with Crippen LogP contribution in [0.4, 0.5) is 0 Å². The maximum Gasteiger partial charge on any atom is 0.141 e. The Labute approximate surface area is 134 Å². The van der Waals surface area contributed by atoms with Crippen molar-refractivity contribution in [3.63, 3.8) is 0 Å². The van der Waals surface area contributed by atoms with Crippen molar-refractivity contribution in [3.05, 3.63) is 44.1 Å². The van der Waals surface area contributed by atoms with Crippen molar-refractivity contribution in [2.75, 3.05) is 14.2 Å². The number of aryl methyl sites for hydroxylation is 1. The van der Waals surface area contributed by atoms with Crippen LogP contribution in [0.25, 0.3) is 0 Å². The largest absolute Gasteiger partial charge is 0.495 e. The number of hydrogen-bond donors (Lipinski definition) is 0. The number of rotatable bonds is 4. The molecule has 1 heterocycles. The minimum Gasteiger partial charge on any atom is -0.495 e. The van der Waals surface area contributed by atoms with Crippen LogP contribution in [0.15, 0.2) is 28.7 Å². The van der Waals surface area contributed by atoms with Gasteiger partial charge in [-0.3, -0.25) is 0 Å². The molecule has 0 amide bonds. The summed E-state index contributed by atoms with van der Waals surface area (Å²) in [4.78, 5) is 2.67. The number of alkyl halides is 1. The smallest absolute Gasteiger partial charge is 0.141 e. The average Bonchev–Trinajstić information content (AvgIpc) is 2.84. The first-order valence-corrected chi connectivity index (χ1v) is 8.21. The normalized spacial score (nSPS) is 12.3. The van der Waals surface area contributed by atoms with E-state index in [1.807, 2.05) is 12.1 Å². The summed E-state index contributed by atoms with van der Waals surface area (Å²) in [6.07, 6.45) is 0. The molecule has 2 nitrogen and oxygen atoms in total. The summed E-state index contributed by atoms with van der Waals surface area (Å²) in [6, 6.07) is 8.23. The number of hydrogen-bond acceptors (Lipinski definition) is 3. The van der Waals surface area contributed by atoms with Gasteiger partial charge >= 0.3 is 0 Å². The first kappa shape index (κ1) is 14.9. The Morgan fingerprint density at radius 3 is 2.37 bits per heavy atom. The van der Waals surface area contributed by atoms with Crippen molar-refractivity contribution < 1.29 is 9.47 Å². The Hall–Kier alpha value is -0.520. The highest BCUT2D eigenvalue weighted by molar-refractivity contribution is 9.10.